The van der Waals surface area contributed by atoms with E-state index in [-0.39, 0.29) is 5.91 Å². The molecule has 5 heteroatoms. The zero-order chi connectivity index (χ0) is 13.1. The van der Waals surface area contributed by atoms with Crippen LogP contribution < -0.4 is 11.1 Å². The number of anilines is 2. The summed E-state index contributed by atoms with van der Waals surface area (Å²) < 4.78 is 0.679. The lowest BCUT2D eigenvalue weighted by atomic mass is 10.2. The summed E-state index contributed by atoms with van der Waals surface area (Å²) in [6.07, 6.45) is 0. The molecule has 2 aromatic carbocycles. The van der Waals surface area contributed by atoms with Crippen LogP contribution >= 0.6 is 27.5 Å². The predicted octanol–water partition coefficient (Wildman–Crippen LogP) is 3.94. The molecule has 1 amide bonds. The number of amides is 1. The van der Waals surface area contributed by atoms with Crippen LogP contribution in [0.2, 0.25) is 5.02 Å². The Hall–Kier alpha value is -1.52. The van der Waals surface area contributed by atoms with E-state index in [9.17, 15) is 4.79 Å². The van der Waals surface area contributed by atoms with Crippen molar-refractivity contribution in [2.24, 2.45) is 0 Å². The fourth-order valence-electron chi connectivity index (χ4n) is 1.44. The molecule has 0 spiro atoms. The van der Waals surface area contributed by atoms with Crippen molar-refractivity contribution in [3.05, 3.63) is 57.5 Å². The molecule has 0 heterocycles. The van der Waals surface area contributed by atoms with E-state index >= 15 is 0 Å². The number of hydrogen-bond donors (Lipinski definition) is 2. The monoisotopic (exact) mass is 324 g/mol. The Bertz CT molecular complexity index is 601. The Morgan fingerprint density at radius 3 is 2.61 bits per heavy atom. The van der Waals surface area contributed by atoms with Gasteiger partial charge in [-0.1, -0.05) is 23.7 Å². The van der Waals surface area contributed by atoms with Crippen LogP contribution in [0.5, 0.6) is 0 Å². The number of benzene rings is 2. The summed E-state index contributed by atoms with van der Waals surface area (Å²) in [5.41, 5.74) is 7.38. The molecule has 2 rings (SSSR count). The van der Waals surface area contributed by atoms with Crippen molar-refractivity contribution in [2.75, 3.05) is 11.1 Å². The number of hydrogen-bond acceptors (Lipinski definition) is 2. The van der Waals surface area contributed by atoms with Gasteiger partial charge in [-0.25, -0.2) is 0 Å². The van der Waals surface area contributed by atoms with E-state index in [1.807, 2.05) is 12.1 Å². The molecule has 2 aromatic rings. The van der Waals surface area contributed by atoms with Crippen molar-refractivity contribution in [1.29, 1.82) is 0 Å². The Kier molecular flexibility index (Phi) is 3.89. The average molecular weight is 326 g/mol. The molecule has 0 bridgehead atoms. The molecule has 0 radical (unpaired) electrons. The summed E-state index contributed by atoms with van der Waals surface area (Å²) in [6.45, 7) is 0. The molecule has 3 nitrogen and oxygen atoms in total. The number of para-hydroxylation sites is 2. The first-order valence-corrected chi connectivity index (χ1v) is 6.36. The zero-order valence-electron chi connectivity index (χ0n) is 9.28. The fraction of sp³-hybridized carbons (Fsp3) is 0. The molecule has 18 heavy (non-hydrogen) atoms. The summed E-state index contributed by atoms with van der Waals surface area (Å²) in [5.74, 6) is -0.231. The standard InChI is InChI=1S/C13H10BrClN2O/c14-9-7-8(5-6-10(9)15)13(18)17-12-4-2-1-3-11(12)16/h1-7H,16H2,(H,17,18). The van der Waals surface area contributed by atoms with E-state index in [0.717, 1.165) is 0 Å². The van der Waals surface area contributed by atoms with E-state index in [0.29, 0.717) is 26.4 Å². The summed E-state index contributed by atoms with van der Waals surface area (Å²) in [7, 11) is 0. The van der Waals surface area contributed by atoms with Gasteiger partial charge in [-0.15, -0.1) is 0 Å². The first-order chi connectivity index (χ1) is 8.58. The van der Waals surface area contributed by atoms with Gasteiger partial charge in [-0.05, 0) is 46.3 Å². The molecular formula is C13H10BrClN2O. The number of rotatable bonds is 2. The minimum Gasteiger partial charge on any atom is -0.397 e. The molecule has 0 unspecified atom stereocenters. The van der Waals surface area contributed by atoms with Gasteiger partial charge in [0.25, 0.3) is 5.91 Å². The second kappa shape index (κ2) is 5.42. The third-order valence-electron chi connectivity index (χ3n) is 2.39. The van der Waals surface area contributed by atoms with E-state index in [4.69, 9.17) is 17.3 Å². The maximum Gasteiger partial charge on any atom is 0.255 e. The van der Waals surface area contributed by atoms with E-state index in [2.05, 4.69) is 21.2 Å². The number of nitrogen functional groups attached to an aromatic ring is 1. The fourth-order valence-corrected chi connectivity index (χ4v) is 1.94. The first-order valence-electron chi connectivity index (χ1n) is 5.19. The second-order valence-corrected chi connectivity index (χ2v) is 4.93. The molecule has 0 aliphatic rings. The van der Waals surface area contributed by atoms with Gasteiger partial charge >= 0.3 is 0 Å². The highest BCUT2D eigenvalue weighted by Crippen LogP contribution is 2.24. The number of nitrogens with two attached hydrogens (primary N) is 1. The molecule has 0 aliphatic heterocycles. The van der Waals surface area contributed by atoms with Crippen LogP contribution in [0.3, 0.4) is 0 Å². The second-order valence-electron chi connectivity index (χ2n) is 3.67. The van der Waals surface area contributed by atoms with Crippen LogP contribution in [0.4, 0.5) is 11.4 Å². The summed E-state index contributed by atoms with van der Waals surface area (Å²) >= 11 is 9.15. The maximum absolute atomic E-state index is 12.0. The topological polar surface area (TPSA) is 55.1 Å². The molecule has 0 saturated carbocycles. The van der Waals surface area contributed by atoms with Crippen LogP contribution in [-0.4, -0.2) is 5.91 Å². The lowest BCUT2D eigenvalue weighted by Crippen LogP contribution is -2.13. The highest BCUT2D eigenvalue weighted by Gasteiger charge is 2.09. The lowest BCUT2D eigenvalue weighted by molar-refractivity contribution is 0.102. The summed E-state index contributed by atoms with van der Waals surface area (Å²) in [6, 6.07) is 12.1. The van der Waals surface area contributed by atoms with Gasteiger partial charge in [0.15, 0.2) is 0 Å². The minimum absolute atomic E-state index is 0.231. The number of halogens is 2. The highest BCUT2D eigenvalue weighted by molar-refractivity contribution is 9.10. The van der Waals surface area contributed by atoms with Crippen molar-refractivity contribution in [3.8, 4) is 0 Å². The van der Waals surface area contributed by atoms with Crippen molar-refractivity contribution < 1.29 is 4.79 Å². The molecule has 0 aromatic heterocycles. The van der Waals surface area contributed by atoms with Crippen LogP contribution in [0.1, 0.15) is 10.4 Å². The first kappa shape index (κ1) is 12.9. The minimum atomic E-state index is -0.231. The van der Waals surface area contributed by atoms with Gasteiger partial charge in [0.05, 0.1) is 16.4 Å². The lowest BCUT2D eigenvalue weighted by Gasteiger charge is -2.08. The van der Waals surface area contributed by atoms with Crippen LogP contribution in [0.15, 0.2) is 46.9 Å². The predicted molar refractivity (Wildman–Crippen MR) is 78.0 cm³/mol. The van der Waals surface area contributed by atoms with Gasteiger partial charge in [0.2, 0.25) is 0 Å². The number of carbonyl (C=O) groups excluding carboxylic acids is 1. The van der Waals surface area contributed by atoms with Crippen LogP contribution in [-0.2, 0) is 0 Å². The molecular weight excluding hydrogens is 316 g/mol. The van der Waals surface area contributed by atoms with Gasteiger partial charge in [0.1, 0.15) is 0 Å². The van der Waals surface area contributed by atoms with E-state index in [1.54, 1.807) is 30.3 Å². The summed E-state index contributed by atoms with van der Waals surface area (Å²) in [5, 5.41) is 3.31. The number of nitrogens with one attached hydrogen (secondary N) is 1. The Morgan fingerprint density at radius 2 is 1.94 bits per heavy atom. The van der Waals surface area contributed by atoms with Crippen molar-refractivity contribution in [1.82, 2.24) is 0 Å². The Labute approximate surface area is 118 Å². The molecule has 0 atom stereocenters. The normalized spacial score (nSPS) is 10.1. The van der Waals surface area contributed by atoms with Gasteiger partial charge in [-0.3, -0.25) is 4.79 Å². The van der Waals surface area contributed by atoms with Crippen LogP contribution in [0.25, 0.3) is 0 Å². The molecule has 0 fully saturated rings. The van der Waals surface area contributed by atoms with Gasteiger partial charge in [-0.2, -0.15) is 0 Å². The quantitative estimate of drug-likeness (QED) is 0.822. The molecule has 0 aliphatic carbocycles. The molecule has 3 N–H and O–H groups in total. The largest absolute Gasteiger partial charge is 0.397 e. The van der Waals surface area contributed by atoms with Gasteiger partial charge < -0.3 is 11.1 Å². The maximum atomic E-state index is 12.0. The molecule has 92 valence electrons. The van der Waals surface area contributed by atoms with Crippen molar-refractivity contribution >= 4 is 44.8 Å². The summed E-state index contributed by atoms with van der Waals surface area (Å²) in [4.78, 5) is 12.0. The van der Waals surface area contributed by atoms with Gasteiger partial charge in [0, 0.05) is 10.0 Å². The Balaban J connectivity index is 2.22. The van der Waals surface area contributed by atoms with Crippen molar-refractivity contribution in [3.63, 3.8) is 0 Å². The van der Waals surface area contributed by atoms with Crippen molar-refractivity contribution in [2.45, 2.75) is 0 Å². The smallest absolute Gasteiger partial charge is 0.255 e. The highest BCUT2D eigenvalue weighted by atomic mass is 79.9. The third kappa shape index (κ3) is 2.83. The molecule has 0 saturated heterocycles. The third-order valence-corrected chi connectivity index (χ3v) is 3.60. The zero-order valence-corrected chi connectivity index (χ0v) is 11.6. The van der Waals surface area contributed by atoms with Crippen LogP contribution in [0, 0.1) is 0 Å². The van der Waals surface area contributed by atoms with E-state index in [1.165, 1.54) is 0 Å². The van der Waals surface area contributed by atoms with E-state index < -0.39 is 0 Å². The number of carbonyl (C=O) groups is 1. The average Bonchev–Trinajstić information content (AvgIpc) is 2.35. The SMILES string of the molecule is Nc1ccccc1NC(=O)c1ccc(Cl)c(Br)c1. The Morgan fingerprint density at radius 1 is 1.22 bits per heavy atom.